The highest BCUT2D eigenvalue weighted by Crippen LogP contribution is 2.36. The Bertz CT molecular complexity index is 544. The lowest BCUT2D eigenvalue weighted by Crippen LogP contribution is -2.16. The van der Waals surface area contributed by atoms with Crippen LogP contribution in [0.15, 0.2) is 35.7 Å². The number of thiophene rings is 1. The molecule has 0 bridgehead atoms. The van der Waals surface area contributed by atoms with Gasteiger partial charge in [-0.25, -0.2) is 0 Å². The quantitative estimate of drug-likeness (QED) is 0.807. The molecule has 1 aliphatic rings. The number of hydrogen-bond acceptors (Lipinski definition) is 2. The maximum atomic E-state index is 3.78. The fourth-order valence-corrected chi connectivity index (χ4v) is 3.96. The van der Waals surface area contributed by atoms with Crippen molar-refractivity contribution >= 4 is 17.0 Å². The van der Waals surface area contributed by atoms with Crippen LogP contribution in [0.25, 0.3) is 0 Å². The predicted octanol–water partition coefficient (Wildman–Crippen LogP) is 5.19. The number of anilines is 1. The predicted molar refractivity (Wildman–Crippen MR) is 84.1 cm³/mol. The largest absolute Gasteiger partial charge is 0.378 e. The zero-order valence-electron chi connectivity index (χ0n) is 11.5. The van der Waals surface area contributed by atoms with Crippen LogP contribution >= 0.6 is 11.3 Å². The first-order valence-electron chi connectivity index (χ1n) is 7.29. The second kappa shape index (κ2) is 5.79. The third kappa shape index (κ3) is 2.69. The fourth-order valence-electron chi connectivity index (χ4n) is 2.97. The van der Waals surface area contributed by atoms with Crippen LogP contribution in [0.1, 0.15) is 48.2 Å². The molecule has 1 unspecified atom stereocenters. The van der Waals surface area contributed by atoms with E-state index >= 15 is 0 Å². The van der Waals surface area contributed by atoms with Gasteiger partial charge in [0.2, 0.25) is 0 Å². The highest BCUT2D eigenvalue weighted by Gasteiger charge is 2.21. The Kier molecular flexibility index (Phi) is 3.88. The molecule has 0 saturated heterocycles. The first-order valence-corrected chi connectivity index (χ1v) is 8.17. The zero-order valence-corrected chi connectivity index (χ0v) is 12.3. The summed E-state index contributed by atoms with van der Waals surface area (Å²) in [6.45, 7) is 2.24. The normalized spacial score (nSPS) is 18.1. The molecule has 2 aromatic rings. The Balaban J connectivity index is 1.83. The molecule has 2 heteroatoms. The first kappa shape index (κ1) is 12.7. The molecule has 0 spiro atoms. The van der Waals surface area contributed by atoms with E-state index in [4.69, 9.17) is 0 Å². The van der Waals surface area contributed by atoms with Crippen molar-refractivity contribution in [3.05, 3.63) is 51.7 Å². The average molecular weight is 271 g/mol. The second-order valence-electron chi connectivity index (χ2n) is 5.30. The number of nitrogens with one attached hydrogen (secondary N) is 1. The van der Waals surface area contributed by atoms with Gasteiger partial charge in [0.1, 0.15) is 0 Å². The summed E-state index contributed by atoms with van der Waals surface area (Å²) in [5.74, 6) is 0. The molecule has 1 nitrogen and oxygen atoms in total. The average Bonchev–Trinajstić information content (AvgIpc) is 2.91. The number of benzene rings is 1. The highest BCUT2D eigenvalue weighted by molar-refractivity contribution is 7.10. The van der Waals surface area contributed by atoms with Gasteiger partial charge in [0.25, 0.3) is 0 Å². The standard InChI is InChI=1S/C17H21NS/c1-2-6-13-7-3-4-8-15(13)18-16-9-5-10-17-14(16)11-12-19-17/h3-4,7-8,11-12,16,18H,2,5-6,9-10H2,1H3. The van der Waals surface area contributed by atoms with Gasteiger partial charge >= 0.3 is 0 Å². The van der Waals surface area contributed by atoms with E-state index < -0.39 is 0 Å². The molecule has 19 heavy (non-hydrogen) atoms. The number of para-hydroxylation sites is 1. The molecule has 0 radical (unpaired) electrons. The number of rotatable bonds is 4. The van der Waals surface area contributed by atoms with Crippen LogP contribution in [0.3, 0.4) is 0 Å². The van der Waals surface area contributed by atoms with Crippen molar-refractivity contribution in [1.29, 1.82) is 0 Å². The van der Waals surface area contributed by atoms with Crippen molar-refractivity contribution in [2.75, 3.05) is 5.32 Å². The molecule has 0 amide bonds. The van der Waals surface area contributed by atoms with Gasteiger partial charge in [0.15, 0.2) is 0 Å². The lowest BCUT2D eigenvalue weighted by molar-refractivity contribution is 0.608. The zero-order chi connectivity index (χ0) is 13.1. The molecule has 1 N–H and O–H groups in total. The number of fused-ring (bicyclic) bond motifs is 1. The Morgan fingerprint density at radius 1 is 1.26 bits per heavy atom. The molecule has 1 aromatic carbocycles. The summed E-state index contributed by atoms with van der Waals surface area (Å²) in [5, 5.41) is 6.02. The van der Waals surface area contributed by atoms with Crippen molar-refractivity contribution in [2.45, 2.75) is 45.1 Å². The topological polar surface area (TPSA) is 12.0 Å². The van der Waals surface area contributed by atoms with Crippen LogP contribution in [0, 0.1) is 0 Å². The molecule has 1 aliphatic carbocycles. The Labute approximate surface area is 119 Å². The lowest BCUT2D eigenvalue weighted by atomic mass is 9.93. The van der Waals surface area contributed by atoms with Crippen LogP contribution < -0.4 is 5.32 Å². The van der Waals surface area contributed by atoms with Gasteiger partial charge in [-0.3, -0.25) is 0 Å². The Morgan fingerprint density at radius 3 is 3.05 bits per heavy atom. The summed E-state index contributed by atoms with van der Waals surface area (Å²) in [5.41, 5.74) is 4.31. The SMILES string of the molecule is CCCc1ccccc1NC1CCCc2sccc21. The molecular weight excluding hydrogens is 250 g/mol. The fraction of sp³-hybridized carbons (Fsp3) is 0.412. The van der Waals surface area contributed by atoms with Crippen LogP contribution in [0.5, 0.6) is 0 Å². The minimum Gasteiger partial charge on any atom is -0.378 e. The van der Waals surface area contributed by atoms with E-state index in [2.05, 4.69) is 48.0 Å². The van der Waals surface area contributed by atoms with Gasteiger partial charge in [0.05, 0.1) is 6.04 Å². The summed E-state index contributed by atoms with van der Waals surface area (Å²) in [7, 11) is 0. The first-order chi connectivity index (χ1) is 9.38. The van der Waals surface area contributed by atoms with E-state index in [1.807, 2.05) is 11.3 Å². The smallest absolute Gasteiger partial charge is 0.0525 e. The lowest BCUT2D eigenvalue weighted by Gasteiger charge is -2.26. The van der Waals surface area contributed by atoms with Gasteiger partial charge in [-0.2, -0.15) is 0 Å². The van der Waals surface area contributed by atoms with Crippen molar-refractivity contribution in [3.8, 4) is 0 Å². The van der Waals surface area contributed by atoms with Crippen molar-refractivity contribution in [2.24, 2.45) is 0 Å². The van der Waals surface area contributed by atoms with Crippen LogP contribution in [0.2, 0.25) is 0 Å². The van der Waals surface area contributed by atoms with E-state index in [-0.39, 0.29) is 0 Å². The van der Waals surface area contributed by atoms with Crippen LogP contribution in [0.4, 0.5) is 5.69 Å². The van der Waals surface area contributed by atoms with E-state index in [0.29, 0.717) is 6.04 Å². The second-order valence-corrected chi connectivity index (χ2v) is 6.30. The third-order valence-corrected chi connectivity index (χ3v) is 4.91. The molecule has 1 aromatic heterocycles. The number of aryl methyl sites for hydroxylation is 2. The van der Waals surface area contributed by atoms with Gasteiger partial charge in [-0.05, 0) is 54.3 Å². The van der Waals surface area contributed by atoms with Crippen LogP contribution in [-0.2, 0) is 12.8 Å². The third-order valence-electron chi connectivity index (χ3n) is 3.92. The van der Waals surface area contributed by atoms with E-state index in [1.54, 1.807) is 4.88 Å². The monoisotopic (exact) mass is 271 g/mol. The van der Waals surface area contributed by atoms with Crippen molar-refractivity contribution in [1.82, 2.24) is 0 Å². The Morgan fingerprint density at radius 2 is 2.16 bits per heavy atom. The molecule has 1 heterocycles. The molecule has 0 saturated carbocycles. The van der Waals surface area contributed by atoms with E-state index in [1.165, 1.54) is 42.5 Å². The molecule has 0 fully saturated rings. The molecule has 1 atom stereocenters. The maximum Gasteiger partial charge on any atom is 0.0525 e. The summed E-state index contributed by atoms with van der Waals surface area (Å²) < 4.78 is 0. The van der Waals surface area contributed by atoms with Crippen molar-refractivity contribution in [3.63, 3.8) is 0 Å². The molecule has 3 rings (SSSR count). The van der Waals surface area contributed by atoms with Crippen LogP contribution in [-0.4, -0.2) is 0 Å². The summed E-state index contributed by atoms with van der Waals surface area (Å²) in [6, 6.07) is 11.6. The van der Waals surface area contributed by atoms with Gasteiger partial charge in [-0.1, -0.05) is 31.5 Å². The minimum absolute atomic E-state index is 0.507. The molecule has 100 valence electrons. The number of hydrogen-bond donors (Lipinski definition) is 1. The van der Waals surface area contributed by atoms with Crippen molar-refractivity contribution < 1.29 is 0 Å². The molecular formula is C17H21NS. The van der Waals surface area contributed by atoms with Gasteiger partial charge in [0, 0.05) is 10.6 Å². The summed E-state index contributed by atoms with van der Waals surface area (Å²) in [6.07, 6.45) is 6.19. The summed E-state index contributed by atoms with van der Waals surface area (Å²) >= 11 is 1.91. The van der Waals surface area contributed by atoms with Gasteiger partial charge < -0.3 is 5.32 Å². The van der Waals surface area contributed by atoms with Gasteiger partial charge in [-0.15, -0.1) is 11.3 Å². The molecule has 0 aliphatic heterocycles. The van der Waals surface area contributed by atoms with E-state index in [0.717, 1.165) is 6.42 Å². The highest BCUT2D eigenvalue weighted by atomic mass is 32.1. The maximum absolute atomic E-state index is 3.78. The van der Waals surface area contributed by atoms with E-state index in [9.17, 15) is 0 Å². The Hall–Kier alpha value is -1.28. The minimum atomic E-state index is 0.507. The summed E-state index contributed by atoms with van der Waals surface area (Å²) in [4.78, 5) is 1.58.